The van der Waals surface area contributed by atoms with E-state index >= 15 is 0 Å². The molecule has 0 aliphatic carbocycles. The number of aliphatic carboxylic acids is 2. The van der Waals surface area contributed by atoms with Gasteiger partial charge in [0.05, 0.1) is 33.4 Å². The Morgan fingerprint density at radius 1 is 0.848 bits per heavy atom. The SMILES string of the molecule is O=C(O)C[C@H](NC(=O)c1cc2ccccc2cc1NC(=O)Nc1c(Cl)cccc1Cl)C(=O)O. The summed E-state index contributed by atoms with van der Waals surface area (Å²) in [6.07, 6.45) is -0.817. The van der Waals surface area contributed by atoms with Crippen LogP contribution in [0.25, 0.3) is 10.8 Å². The third-order valence-electron chi connectivity index (χ3n) is 4.56. The zero-order valence-electron chi connectivity index (χ0n) is 16.8. The lowest BCUT2D eigenvalue weighted by molar-refractivity contribution is -0.145. The van der Waals surface area contributed by atoms with Crippen LogP contribution in [0.5, 0.6) is 0 Å². The second-order valence-corrected chi connectivity index (χ2v) is 7.70. The molecule has 1 atom stereocenters. The number of urea groups is 1. The summed E-state index contributed by atoms with van der Waals surface area (Å²) in [7, 11) is 0. The van der Waals surface area contributed by atoms with Crippen LogP contribution in [0.2, 0.25) is 10.0 Å². The number of hydrogen-bond donors (Lipinski definition) is 5. The molecule has 0 aromatic heterocycles. The normalized spacial score (nSPS) is 11.5. The van der Waals surface area contributed by atoms with Gasteiger partial charge in [0.15, 0.2) is 0 Å². The van der Waals surface area contributed by atoms with Gasteiger partial charge in [0.2, 0.25) is 0 Å². The number of rotatable bonds is 7. The van der Waals surface area contributed by atoms with Gasteiger partial charge < -0.3 is 26.2 Å². The summed E-state index contributed by atoms with van der Waals surface area (Å²) in [4.78, 5) is 47.8. The van der Waals surface area contributed by atoms with Crippen LogP contribution in [-0.4, -0.2) is 40.1 Å². The van der Waals surface area contributed by atoms with Crippen molar-refractivity contribution in [2.75, 3.05) is 10.6 Å². The molecule has 0 aliphatic heterocycles. The van der Waals surface area contributed by atoms with E-state index in [-0.39, 0.29) is 27.0 Å². The maximum absolute atomic E-state index is 12.9. The second-order valence-electron chi connectivity index (χ2n) is 6.88. The largest absolute Gasteiger partial charge is 0.481 e. The monoisotopic (exact) mass is 489 g/mol. The summed E-state index contributed by atoms with van der Waals surface area (Å²) < 4.78 is 0. The average Bonchev–Trinajstić information content (AvgIpc) is 2.75. The molecule has 3 amide bonds. The molecule has 0 heterocycles. The maximum Gasteiger partial charge on any atom is 0.326 e. The molecule has 3 aromatic carbocycles. The van der Waals surface area contributed by atoms with Crippen LogP contribution in [0, 0.1) is 0 Å². The number of nitrogens with one attached hydrogen (secondary N) is 3. The van der Waals surface area contributed by atoms with E-state index in [1.165, 1.54) is 24.3 Å². The van der Waals surface area contributed by atoms with Crippen molar-refractivity contribution in [2.24, 2.45) is 0 Å². The number of anilines is 2. The van der Waals surface area contributed by atoms with Crippen LogP contribution in [0.15, 0.2) is 54.6 Å². The Morgan fingerprint density at radius 3 is 2.03 bits per heavy atom. The van der Waals surface area contributed by atoms with Crippen molar-refractivity contribution < 1.29 is 29.4 Å². The summed E-state index contributed by atoms with van der Waals surface area (Å²) in [5.41, 5.74) is 0.162. The first-order valence-electron chi connectivity index (χ1n) is 9.46. The molecule has 11 heteroatoms. The van der Waals surface area contributed by atoms with Gasteiger partial charge in [-0.25, -0.2) is 9.59 Å². The van der Waals surface area contributed by atoms with Crippen LogP contribution in [0.1, 0.15) is 16.8 Å². The van der Waals surface area contributed by atoms with E-state index in [9.17, 15) is 24.3 Å². The molecule has 33 heavy (non-hydrogen) atoms. The molecule has 0 saturated carbocycles. The summed E-state index contributed by atoms with van der Waals surface area (Å²) >= 11 is 12.1. The van der Waals surface area contributed by atoms with E-state index in [4.69, 9.17) is 28.3 Å². The first-order valence-corrected chi connectivity index (χ1v) is 10.2. The number of carboxylic acids is 2. The van der Waals surface area contributed by atoms with E-state index in [0.717, 1.165) is 0 Å². The number of hydrogen-bond acceptors (Lipinski definition) is 4. The lowest BCUT2D eigenvalue weighted by atomic mass is 10.0. The molecule has 3 rings (SSSR count). The highest BCUT2D eigenvalue weighted by molar-refractivity contribution is 6.39. The Labute approximate surface area is 197 Å². The molecule has 0 aliphatic rings. The summed E-state index contributed by atoms with van der Waals surface area (Å²) in [6.45, 7) is 0. The van der Waals surface area contributed by atoms with Crippen LogP contribution in [0.3, 0.4) is 0 Å². The Morgan fingerprint density at radius 2 is 1.45 bits per heavy atom. The lowest BCUT2D eigenvalue weighted by Crippen LogP contribution is -2.42. The third-order valence-corrected chi connectivity index (χ3v) is 5.19. The van der Waals surface area contributed by atoms with E-state index in [1.807, 2.05) is 0 Å². The Balaban J connectivity index is 1.94. The number of amides is 3. The van der Waals surface area contributed by atoms with Crippen molar-refractivity contribution in [3.8, 4) is 0 Å². The minimum atomic E-state index is -1.66. The number of para-hydroxylation sites is 1. The number of carbonyl (C=O) groups excluding carboxylic acids is 2. The molecule has 0 radical (unpaired) electrons. The highest BCUT2D eigenvalue weighted by Crippen LogP contribution is 2.30. The van der Waals surface area contributed by atoms with E-state index in [1.54, 1.807) is 30.3 Å². The average molecular weight is 490 g/mol. The van der Waals surface area contributed by atoms with Crippen molar-refractivity contribution in [2.45, 2.75) is 12.5 Å². The molecular formula is C22H17Cl2N3O6. The van der Waals surface area contributed by atoms with E-state index < -0.39 is 36.3 Å². The molecule has 0 fully saturated rings. The lowest BCUT2D eigenvalue weighted by Gasteiger charge is -2.17. The molecule has 9 nitrogen and oxygen atoms in total. The molecule has 170 valence electrons. The van der Waals surface area contributed by atoms with Crippen LogP contribution in [-0.2, 0) is 9.59 Å². The fourth-order valence-corrected chi connectivity index (χ4v) is 3.52. The quantitative estimate of drug-likeness (QED) is 0.331. The van der Waals surface area contributed by atoms with Gasteiger partial charge in [-0.05, 0) is 35.0 Å². The van der Waals surface area contributed by atoms with Crippen molar-refractivity contribution in [3.63, 3.8) is 0 Å². The van der Waals surface area contributed by atoms with Crippen LogP contribution >= 0.6 is 23.2 Å². The minimum absolute atomic E-state index is 0.0614. The van der Waals surface area contributed by atoms with Crippen molar-refractivity contribution in [1.82, 2.24) is 5.32 Å². The van der Waals surface area contributed by atoms with Gasteiger partial charge in [0.25, 0.3) is 5.91 Å². The highest BCUT2D eigenvalue weighted by atomic mass is 35.5. The maximum atomic E-state index is 12.9. The smallest absolute Gasteiger partial charge is 0.326 e. The fraction of sp³-hybridized carbons (Fsp3) is 0.0909. The molecule has 0 unspecified atom stereocenters. The first-order chi connectivity index (χ1) is 15.7. The minimum Gasteiger partial charge on any atom is -0.481 e. The van der Waals surface area contributed by atoms with E-state index in [2.05, 4.69) is 16.0 Å². The molecule has 5 N–H and O–H groups in total. The molecule has 0 spiro atoms. The molecule has 3 aromatic rings. The van der Waals surface area contributed by atoms with Crippen molar-refractivity contribution in [1.29, 1.82) is 0 Å². The predicted molar refractivity (Wildman–Crippen MR) is 124 cm³/mol. The molecule has 0 bridgehead atoms. The number of carboxylic acid groups (broad SMARTS) is 2. The van der Waals surface area contributed by atoms with Crippen LogP contribution in [0.4, 0.5) is 16.2 Å². The van der Waals surface area contributed by atoms with Gasteiger partial charge in [-0.1, -0.05) is 53.5 Å². The molecule has 0 saturated heterocycles. The Bertz CT molecular complexity index is 1240. The number of benzene rings is 3. The topological polar surface area (TPSA) is 145 Å². The predicted octanol–water partition coefficient (Wildman–Crippen LogP) is 4.45. The standard InChI is InChI=1S/C22H17Cl2N3O6/c23-14-6-3-7-15(24)19(14)27-22(33)26-16-9-12-5-2-1-4-11(12)8-13(16)20(30)25-17(21(31)32)10-18(28)29/h1-9,17H,10H2,(H,25,30)(H,28,29)(H,31,32)(H2,26,27,33)/t17-/m0/s1. The highest BCUT2D eigenvalue weighted by Gasteiger charge is 2.25. The zero-order valence-corrected chi connectivity index (χ0v) is 18.3. The molecular weight excluding hydrogens is 473 g/mol. The summed E-state index contributed by atoms with van der Waals surface area (Å²) in [6, 6.07) is 12.2. The fourth-order valence-electron chi connectivity index (χ4n) is 3.03. The first kappa shape index (κ1) is 23.8. The van der Waals surface area contributed by atoms with Gasteiger partial charge >= 0.3 is 18.0 Å². The summed E-state index contributed by atoms with van der Waals surface area (Å²) in [5, 5.41) is 27.1. The number of halogens is 2. The Hall–Kier alpha value is -3.82. The van der Waals surface area contributed by atoms with Gasteiger partial charge in [-0.15, -0.1) is 0 Å². The van der Waals surface area contributed by atoms with Crippen molar-refractivity contribution in [3.05, 3.63) is 70.2 Å². The van der Waals surface area contributed by atoms with Gasteiger partial charge in [-0.2, -0.15) is 0 Å². The van der Waals surface area contributed by atoms with Crippen LogP contribution < -0.4 is 16.0 Å². The van der Waals surface area contributed by atoms with Gasteiger partial charge in [-0.3, -0.25) is 9.59 Å². The van der Waals surface area contributed by atoms with Gasteiger partial charge in [0.1, 0.15) is 6.04 Å². The zero-order chi connectivity index (χ0) is 24.1. The van der Waals surface area contributed by atoms with Crippen molar-refractivity contribution >= 4 is 69.2 Å². The third kappa shape index (κ3) is 5.91. The number of carbonyl (C=O) groups is 4. The number of fused-ring (bicyclic) bond motifs is 1. The summed E-state index contributed by atoms with van der Waals surface area (Å²) in [5.74, 6) is -3.77. The Kier molecular flexibility index (Phi) is 7.37. The van der Waals surface area contributed by atoms with Gasteiger partial charge in [0, 0.05) is 0 Å². The van der Waals surface area contributed by atoms with E-state index in [0.29, 0.717) is 10.8 Å². The second kappa shape index (κ2) is 10.2.